The van der Waals surface area contributed by atoms with Gasteiger partial charge in [0.2, 0.25) is 0 Å². The molecule has 0 fully saturated rings. The van der Waals surface area contributed by atoms with Gasteiger partial charge in [-0.2, -0.15) is 13.2 Å². The summed E-state index contributed by atoms with van der Waals surface area (Å²) in [4.78, 5) is 11.5. The molecule has 2 aromatic carbocycles. The van der Waals surface area contributed by atoms with Gasteiger partial charge in [-0.15, -0.1) is 0 Å². The fourth-order valence-corrected chi connectivity index (χ4v) is 3.00. The highest BCUT2D eigenvalue weighted by atomic mass is 19.4. The van der Waals surface area contributed by atoms with Gasteiger partial charge in [0.1, 0.15) is 17.5 Å². The molecule has 0 amide bonds. The summed E-state index contributed by atoms with van der Waals surface area (Å²) in [5, 5.41) is 0. The van der Waals surface area contributed by atoms with Crippen molar-refractivity contribution in [1.82, 2.24) is 0 Å². The quantitative estimate of drug-likeness (QED) is 0.458. The SMILES string of the molecule is CCOC(=O)CCc1c(F)c(-c2c(C)ccc(F)c2C)cc(C(F)(F)F)c1F. The largest absolute Gasteiger partial charge is 0.466 e. The summed E-state index contributed by atoms with van der Waals surface area (Å²) in [5.41, 5.74) is -2.95. The molecule has 0 heterocycles. The molecule has 28 heavy (non-hydrogen) atoms. The molecule has 0 spiro atoms. The molecule has 0 atom stereocenters. The van der Waals surface area contributed by atoms with Crippen LogP contribution in [0, 0.1) is 31.3 Å². The molecule has 0 bridgehead atoms. The molecule has 2 nitrogen and oxygen atoms in total. The van der Waals surface area contributed by atoms with E-state index in [1.165, 1.54) is 26.8 Å². The number of carbonyl (C=O) groups excluding carboxylic acids is 1. The molecule has 2 aromatic rings. The van der Waals surface area contributed by atoms with Crippen LogP contribution < -0.4 is 0 Å². The number of aryl methyl sites for hydroxylation is 1. The fourth-order valence-electron chi connectivity index (χ4n) is 3.00. The number of esters is 1. The molecule has 0 saturated heterocycles. The normalized spacial score (nSPS) is 11.6. The van der Waals surface area contributed by atoms with E-state index in [-0.39, 0.29) is 17.7 Å². The molecular formula is C20H18F6O2. The molecule has 0 radical (unpaired) electrons. The zero-order chi connectivity index (χ0) is 21.2. The molecule has 0 aliphatic rings. The lowest BCUT2D eigenvalue weighted by molar-refractivity contribution is -0.143. The van der Waals surface area contributed by atoms with Gasteiger partial charge in [-0.3, -0.25) is 4.79 Å². The van der Waals surface area contributed by atoms with E-state index in [4.69, 9.17) is 0 Å². The number of rotatable bonds is 5. The Labute approximate surface area is 158 Å². The summed E-state index contributed by atoms with van der Waals surface area (Å²) < 4.78 is 88.1. The summed E-state index contributed by atoms with van der Waals surface area (Å²) in [6, 6.07) is 2.75. The van der Waals surface area contributed by atoms with E-state index in [0.717, 1.165) is 6.07 Å². The van der Waals surface area contributed by atoms with Crippen LogP contribution in [0.15, 0.2) is 18.2 Å². The molecular weight excluding hydrogens is 386 g/mol. The Kier molecular flexibility index (Phi) is 6.41. The lowest BCUT2D eigenvalue weighted by Crippen LogP contribution is -2.14. The van der Waals surface area contributed by atoms with Gasteiger partial charge in [-0.1, -0.05) is 6.07 Å². The first-order chi connectivity index (χ1) is 13.0. The first-order valence-electron chi connectivity index (χ1n) is 8.48. The highest BCUT2D eigenvalue weighted by Crippen LogP contribution is 2.40. The summed E-state index contributed by atoms with van der Waals surface area (Å²) in [5.74, 6) is -4.57. The maximum absolute atomic E-state index is 15.0. The van der Waals surface area contributed by atoms with Crippen molar-refractivity contribution in [3.63, 3.8) is 0 Å². The van der Waals surface area contributed by atoms with Crippen molar-refractivity contribution in [2.24, 2.45) is 0 Å². The smallest absolute Gasteiger partial charge is 0.419 e. The average Bonchev–Trinajstić information content (AvgIpc) is 2.59. The lowest BCUT2D eigenvalue weighted by Gasteiger charge is -2.18. The van der Waals surface area contributed by atoms with Crippen molar-refractivity contribution in [3.8, 4) is 11.1 Å². The number of halogens is 6. The van der Waals surface area contributed by atoms with E-state index in [0.29, 0.717) is 11.6 Å². The summed E-state index contributed by atoms with van der Waals surface area (Å²) in [6.45, 7) is 4.33. The van der Waals surface area contributed by atoms with Crippen molar-refractivity contribution >= 4 is 5.97 Å². The van der Waals surface area contributed by atoms with Gasteiger partial charge < -0.3 is 4.74 Å². The van der Waals surface area contributed by atoms with Crippen LogP contribution in [0.3, 0.4) is 0 Å². The highest BCUT2D eigenvalue weighted by molar-refractivity contribution is 5.74. The molecule has 0 N–H and O–H groups in total. The molecule has 152 valence electrons. The predicted molar refractivity (Wildman–Crippen MR) is 91.2 cm³/mol. The minimum Gasteiger partial charge on any atom is -0.466 e. The van der Waals surface area contributed by atoms with E-state index in [1.807, 2.05) is 0 Å². The monoisotopic (exact) mass is 404 g/mol. The summed E-state index contributed by atoms with van der Waals surface area (Å²) in [7, 11) is 0. The zero-order valence-electron chi connectivity index (χ0n) is 15.4. The van der Waals surface area contributed by atoms with Crippen molar-refractivity contribution in [1.29, 1.82) is 0 Å². The topological polar surface area (TPSA) is 26.3 Å². The Hall–Kier alpha value is -2.51. The number of alkyl halides is 3. The molecule has 0 aromatic heterocycles. The summed E-state index contributed by atoms with van der Waals surface area (Å²) in [6.07, 6.45) is -6.22. The Balaban J connectivity index is 2.72. The number of carbonyl (C=O) groups is 1. The van der Waals surface area contributed by atoms with Crippen molar-refractivity contribution in [2.45, 2.75) is 39.8 Å². The van der Waals surface area contributed by atoms with Gasteiger partial charge in [-0.25, -0.2) is 13.2 Å². The molecule has 0 saturated carbocycles. The summed E-state index contributed by atoms with van der Waals surface area (Å²) >= 11 is 0. The maximum Gasteiger partial charge on any atom is 0.419 e. The second-order valence-corrected chi connectivity index (χ2v) is 6.25. The molecule has 8 heteroatoms. The Bertz CT molecular complexity index is 903. The van der Waals surface area contributed by atoms with Crippen molar-refractivity contribution in [3.05, 3.63) is 57.9 Å². The van der Waals surface area contributed by atoms with E-state index >= 15 is 4.39 Å². The molecule has 2 rings (SSSR count). The van der Waals surface area contributed by atoms with E-state index in [9.17, 15) is 26.7 Å². The van der Waals surface area contributed by atoms with Crippen LogP contribution in [0.4, 0.5) is 26.3 Å². The van der Waals surface area contributed by atoms with Gasteiger partial charge in [0, 0.05) is 17.5 Å². The maximum atomic E-state index is 15.0. The van der Waals surface area contributed by atoms with Gasteiger partial charge in [0.25, 0.3) is 0 Å². The number of ether oxygens (including phenoxy) is 1. The first-order valence-corrected chi connectivity index (χ1v) is 8.48. The third kappa shape index (κ3) is 4.31. The van der Waals surface area contributed by atoms with Gasteiger partial charge in [0.15, 0.2) is 0 Å². The number of benzene rings is 2. The fraction of sp³-hybridized carbons (Fsp3) is 0.350. The molecule has 0 unspecified atom stereocenters. The Morgan fingerprint density at radius 2 is 1.71 bits per heavy atom. The number of hydrogen-bond donors (Lipinski definition) is 0. The van der Waals surface area contributed by atoms with Crippen molar-refractivity contribution in [2.75, 3.05) is 6.61 Å². The first kappa shape index (κ1) is 21.8. The van der Waals surface area contributed by atoms with Crippen LogP contribution >= 0.6 is 0 Å². The zero-order valence-corrected chi connectivity index (χ0v) is 15.4. The van der Waals surface area contributed by atoms with Crippen LogP contribution in [0.5, 0.6) is 0 Å². The van der Waals surface area contributed by atoms with Gasteiger partial charge in [0.05, 0.1) is 12.2 Å². The van der Waals surface area contributed by atoms with Crippen LogP contribution in [-0.2, 0) is 22.1 Å². The number of hydrogen-bond acceptors (Lipinski definition) is 2. The second kappa shape index (κ2) is 8.24. The van der Waals surface area contributed by atoms with Crippen LogP contribution in [0.2, 0.25) is 0 Å². The van der Waals surface area contributed by atoms with Crippen LogP contribution in [0.25, 0.3) is 11.1 Å². The molecule has 0 aliphatic carbocycles. The lowest BCUT2D eigenvalue weighted by atomic mass is 9.90. The predicted octanol–water partition coefficient (Wildman–Crippen LogP) is 5.90. The highest BCUT2D eigenvalue weighted by Gasteiger charge is 2.37. The third-order valence-electron chi connectivity index (χ3n) is 4.36. The molecule has 0 aliphatic heterocycles. The minimum atomic E-state index is -5.10. The van der Waals surface area contributed by atoms with Crippen LogP contribution in [-0.4, -0.2) is 12.6 Å². The van der Waals surface area contributed by atoms with E-state index in [1.54, 1.807) is 0 Å². The average molecular weight is 404 g/mol. The van der Waals surface area contributed by atoms with Crippen LogP contribution in [0.1, 0.15) is 35.6 Å². The van der Waals surface area contributed by atoms with E-state index < -0.39 is 59.1 Å². The Morgan fingerprint density at radius 1 is 1.07 bits per heavy atom. The van der Waals surface area contributed by atoms with Crippen molar-refractivity contribution < 1.29 is 35.9 Å². The standard InChI is InChI=1S/C20H18F6O2/c1-4-28-16(27)8-6-12-18(22)13(9-14(19(12)23)20(24,25)26)17-10(2)5-7-15(21)11(17)3/h5,7,9H,4,6,8H2,1-3H3. The third-order valence-corrected chi connectivity index (χ3v) is 4.36. The second-order valence-electron chi connectivity index (χ2n) is 6.25. The van der Waals surface area contributed by atoms with E-state index in [2.05, 4.69) is 4.74 Å². The van der Waals surface area contributed by atoms with Gasteiger partial charge in [-0.05, 0) is 56.0 Å². The minimum absolute atomic E-state index is 0.0271. The Morgan fingerprint density at radius 3 is 2.29 bits per heavy atom. The van der Waals surface area contributed by atoms with Gasteiger partial charge >= 0.3 is 12.1 Å².